The van der Waals surface area contributed by atoms with Crippen LogP contribution in [-0.4, -0.2) is 45.8 Å². The predicted octanol–water partition coefficient (Wildman–Crippen LogP) is 4.65. The maximum absolute atomic E-state index is 12.8. The number of ether oxygens (including phenoxy) is 1. The molecule has 31 heavy (non-hydrogen) atoms. The van der Waals surface area contributed by atoms with Gasteiger partial charge in [-0.05, 0) is 69.5 Å². The Bertz CT molecular complexity index is 1100. The number of benzene rings is 2. The molecule has 1 saturated heterocycles. The molecule has 3 aromatic rings. The highest BCUT2D eigenvalue weighted by molar-refractivity contribution is 5.95. The second kappa shape index (κ2) is 8.76. The topological polar surface area (TPSA) is 64.4 Å². The van der Waals surface area contributed by atoms with Crippen molar-refractivity contribution < 1.29 is 14.3 Å². The number of carbonyl (C=O) groups is 2. The highest BCUT2D eigenvalue weighted by Gasteiger charge is 2.26. The van der Waals surface area contributed by atoms with Crippen molar-refractivity contribution in [2.75, 3.05) is 13.2 Å². The number of aryl methyl sites for hydroxylation is 1. The number of esters is 1. The zero-order valence-electron chi connectivity index (χ0n) is 18.2. The molecule has 0 N–H and O–H groups in total. The molecular formula is C25H27N3O3. The molecule has 1 aliphatic rings. The van der Waals surface area contributed by atoms with E-state index in [1.54, 1.807) is 17.7 Å². The summed E-state index contributed by atoms with van der Waals surface area (Å²) in [6.45, 7) is 6.98. The van der Waals surface area contributed by atoms with Gasteiger partial charge in [0.2, 0.25) is 0 Å². The van der Waals surface area contributed by atoms with Gasteiger partial charge in [-0.3, -0.25) is 4.79 Å². The van der Waals surface area contributed by atoms with Gasteiger partial charge in [0.05, 0.1) is 18.0 Å². The Morgan fingerprint density at radius 2 is 1.87 bits per heavy atom. The van der Waals surface area contributed by atoms with Crippen LogP contribution in [0.5, 0.6) is 0 Å². The van der Waals surface area contributed by atoms with Crippen LogP contribution in [0.4, 0.5) is 0 Å². The number of hydrogen-bond acceptors (Lipinski definition) is 4. The van der Waals surface area contributed by atoms with Crippen molar-refractivity contribution in [1.82, 2.24) is 14.7 Å². The van der Waals surface area contributed by atoms with Crippen LogP contribution in [0.1, 0.15) is 53.1 Å². The van der Waals surface area contributed by atoms with E-state index in [1.807, 2.05) is 60.4 Å². The number of nitrogens with zero attached hydrogens (tertiary/aromatic N) is 3. The van der Waals surface area contributed by atoms with Gasteiger partial charge in [-0.15, -0.1) is 0 Å². The van der Waals surface area contributed by atoms with E-state index in [9.17, 15) is 9.59 Å². The van der Waals surface area contributed by atoms with Crippen LogP contribution in [-0.2, 0) is 4.74 Å². The summed E-state index contributed by atoms with van der Waals surface area (Å²) in [6, 6.07) is 17.4. The second-order valence-electron chi connectivity index (χ2n) is 7.90. The minimum absolute atomic E-state index is 0.0587. The maximum atomic E-state index is 12.8. The van der Waals surface area contributed by atoms with E-state index in [2.05, 4.69) is 12.0 Å². The van der Waals surface area contributed by atoms with Crippen LogP contribution in [0.2, 0.25) is 0 Å². The Labute approximate surface area is 182 Å². The van der Waals surface area contributed by atoms with E-state index < -0.39 is 5.97 Å². The summed E-state index contributed by atoms with van der Waals surface area (Å²) < 4.78 is 6.89. The quantitative estimate of drug-likeness (QED) is 0.567. The van der Waals surface area contributed by atoms with E-state index in [4.69, 9.17) is 4.74 Å². The molecule has 0 spiro atoms. The Kier molecular flexibility index (Phi) is 5.89. The number of likely N-dealkylation sites (tertiary alicyclic amines) is 1. The van der Waals surface area contributed by atoms with Crippen molar-refractivity contribution in [1.29, 1.82) is 0 Å². The molecule has 1 amide bonds. The Morgan fingerprint density at radius 1 is 1.13 bits per heavy atom. The lowest BCUT2D eigenvalue weighted by atomic mass is 10.1. The van der Waals surface area contributed by atoms with Crippen LogP contribution in [0, 0.1) is 6.92 Å². The van der Waals surface area contributed by atoms with Crippen molar-refractivity contribution in [2.45, 2.75) is 39.7 Å². The van der Waals surface area contributed by atoms with Crippen molar-refractivity contribution in [3.8, 4) is 16.9 Å². The van der Waals surface area contributed by atoms with E-state index in [0.29, 0.717) is 5.56 Å². The summed E-state index contributed by atoms with van der Waals surface area (Å²) >= 11 is 0. The summed E-state index contributed by atoms with van der Waals surface area (Å²) in [5, 5.41) is 4.53. The van der Waals surface area contributed by atoms with Crippen molar-refractivity contribution in [3.63, 3.8) is 0 Å². The van der Waals surface area contributed by atoms with Gasteiger partial charge < -0.3 is 9.64 Å². The molecule has 2 aromatic carbocycles. The van der Waals surface area contributed by atoms with Crippen LogP contribution in [0.15, 0.2) is 54.6 Å². The molecule has 6 heteroatoms. The van der Waals surface area contributed by atoms with E-state index in [1.165, 1.54) is 0 Å². The van der Waals surface area contributed by atoms with E-state index in [0.717, 1.165) is 41.9 Å². The first-order chi connectivity index (χ1) is 15.0. The monoisotopic (exact) mass is 417 g/mol. The zero-order valence-corrected chi connectivity index (χ0v) is 18.2. The normalized spacial score (nSPS) is 15.8. The Balaban J connectivity index is 1.72. The summed E-state index contributed by atoms with van der Waals surface area (Å²) in [4.78, 5) is 27.1. The largest absolute Gasteiger partial charge is 0.461 e. The van der Waals surface area contributed by atoms with Gasteiger partial charge in [-0.2, -0.15) is 5.10 Å². The summed E-state index contributed by atoms with van der Waals surface area (Å²) in [7, 11) is 0. The molecule has 1 unspecified atom stereocenters. The fraction of sp³-hybridized carbons (Fsp3) is 0.320. The van der Waals surface area contributed by atoms with Gasteiger partial charge in [0, 0.05) is 23.7 Å². The van der Waals surface area contributed by atoms with Gasteiger partial charge in [-0.1, -0.05) is 24.3 Å². The third-order valence-corrected chi connectivity index (χ3v) is 5.79. The third kappa shape index (κ3) is 4.10. The predicted molar refractivity (Wildman–Crippen MR) is 119 cm³/mol. The third-order valence-electron chi connectivity index (χ3n) is 5.79. The Hall–Kier alpha value is -3.41. The minimum atomic E-state index is -0.453. The van der Waals surface area contributed by atoms with Crippen LogP contribution < -0.4 is 0 Å². The molecule has 0 bridgehead atoms. The van der Waals surface area contributed by atoms with Gasteiger partial charge >= 0.3 is 5.97 Å². The minimum Gasteiger partial charge on any atom is -0.461 e. The molecule has 1 fully saturated rings. The molecule has 4 rings (SSSR count). The second-order valence-corrected chi connectivity index (χ2v) is 7.90. The number of rotatable bonds is 5. The van der Waals surface area contributed by atoms with Gasteiger partial charge in [0.25, 0.3) is 5.91 Å². The van der Waals surface area contributed by atoms with Gasteiger partial charge in [0.15, 0.2) is 5.69 Å². The first-order valence-electron chi connectivity index (χ1n) is 10.7. The Morgan fingerprint density at radius 3 is 2.52 bits per heavy atom. The molecule has 0 saturated carbocycles. The van der Waals surface area contributed by atoms with Crippen molar-refractivity contribution in [2.24, 2.45) is 0 Å². The summed E-state index contributed by atoms with van der Waals surface area (Å²) in [5.41, 5.74) is 4.55. The van der Waals surface area contributed by atoms with E-state index in [-0.39, 0.29) is 24.2 Å². The number of hydrogen-bond donors (Lipinski definition) is 0. The number of amides is 1. The zero-order chi connectivity index (χ0) is 22.0. The molecular weight excluding hydrogens is 390 g/mol. The molecule has 0 aliphatic carbocycles. The van der Waals surface area contributed by atoms with Crippen LogP contribution in [0.25, 0.3) is 16.9 Å². The number of carbonyl (C=O) groups excluding carboxylic acids is 2. The average Bonchev–Trinajstić information content (AvgIpc) is 3.40. The highest BCUT2D eigenvalue weighted by atomic mass is 16.5. The van der Waals surface area contributed by atoms with Gasteiger partial charge in [0.1, 0.15) is 0 Å². The standard InChI is InChI=1S/C25H27N3O3/c1-4-31-25(30)22-16-23(21-10-6-5-8-17(21)2)28(26-22)20-13-11-19(12-14-20)24(29)27-15-7-9-18(27)3/h5-6,8,10-14,16,18H,4,7,9,15H2,1-3H3. The maximum Gasteiger partial charge on any atom is 0.358 e. The van der Waals surface area contributed by atoms with Crippen LogP contribution in [0.3, 0.4) is 0 Å². The lowest BCUT2D eigenvalue weighted by molar-refractivity contribution is 0.0518. The fourth-order valence-corrected chi connectivity index (χ4v) is 4.08. The molecule has 1 aromatic heterocycles. The van der Waals surface area contributed by atoms with E-state index >= 15 is 0 Å². The first-order valence-corrected chi connectivity index (χ1v) is 10.7. The number of aromatic nitrogens is 2. The van der Waals surface area contributed by atoms with Crippen molar-refractivity contribution in [3.05, 3.63) is 71.4 Å². The summed E-state index contributed by atoms with van der Waals surface area (Å²) in [6.07, 6.45) is 2.10. The van der Waals surface area contributed by atoms with Crippen molar-refractivity contribution >= 4 is 11.9 Å². The average molecular weight is 418 g/mol. The van der Waals surface area contributed by atoms with Crippen LogP contribution >= 0.6 is 0 Å². The summed E-state index contributed by atoms with van der Waals surface area (Å²) in [5.74, 6) is -0.394. The molecule has 0 radical (unpaired) electrons. The highest BCUT2D eigenvalue weighted by Crippen LogP contribution is 2.28. The lowest BCUT2D eigenvalue weighted by Crippen LogP contribution is -2.33. The molecule has 1 aliphatic heterocycles. The molecule has 2 heterocycles. The smallest absolute Gasteiger partial charge is 0.358 e. The molecule has 1 atom stereocenters. The first kappa shape index (κ1) is 20.8. The SMILES string of the molecule is CCOC(=O)c1cc(-c2ccccc2C)n(-c2ccc(C(=O)N3CCCC3C)cc2)n1. The molecule has 6 nitrogen and oxygen atoms in total. The van der Waals surface area contributed by atoms with Gasteiger partial charge in [-0.25, -0.2) is 9.48 Å². The lowest BCUT2D eigenvalue weighted by Gasteiger charge is -2.21. The molecule has 160 valence electrons. The fourth-order valence-electron chi connectivity index (χ4n) is 4.08.